The summed E-state index contributed by atoms with van der Waals surface area (Å²) in [6, 6.07) is 14.8. The number of nitrogens with one attached hydrogen (secondary N) is 1. The quantitative estimate of drug-likeness (QED) is 0.519. The number of benzene rings is 2. The molecule has 1 amide bonds. The van der Waals surface area contributed by atoms with Crippen LogP contribution in [-0.2, 0) is 9.53 Å². The highest BCUT2D eigenvalue weighted by Gasteiger charge is 2.30. The van der Waals surface area contributed by atoms with Crippen LogP contribution in [0.3, 0.4) is 0 Å². The Morgan fingerprint density at radius 2 is 1.88 bits per heavy atom. The lowest BCUT2D eigenvalue weighted by molar-refractivity contribution is -0.149. The maximum absolute atomic E-state index is 13.6. The van der Waals surface area contributed by atoms with Crippen molar-refractivity contribution in [3.63, 3.8) is 0 Å². The zero-order valence-electron chi connectivity index (χ0n) is 19.7. The molecule has 0 radical (unpaired) electrons. The zero-order chi connectivity index (χ0) is 24.1. The van der Waals surface area contributed by atoms with Gasteiger partial charge in [0.05, 0.1) is 37.8 Å². The number of carbonyl (C=O) groups is 2. The van der Waals surface area contributed by atoms with Gasteiger partial charge in [-0.1, -0.05) is 18.2 Å². The van der Waals surface area contributed by atoms with Crippen LogP contribution in [0.4, 0.5) is 11.5 Å². The van der Waals surface area contributed by atoms with Crippen LogP contribution in [0.2, 0.25) is 0 Å². The SMILES string of the molecule is CCOC(=O)C1CCCN(C(=O)c2cc(Nc3ccc(OC)c(OC)c3)nc3ccccc23)C1. The van der Waals surface area contributed by atoms with Gasteiger partial charge >= 0.3 is 5.97 Å². The van der Waals surface area contributed by atoms with Crippen LogP contribution < -0.4 is 14.8 Å². The van der Waals surface area contributed by atoms with Crippen LogP contribution in [0.15, 0.2) is 48.5 Å². The Morgan fingerprint density at radius 1 is 1.09 bits per heavy atom. The van der Waals surface area contributed by atoms with E-state index in [2.05, 4.69) is 5.32 Å². The fraction of sp³-hybridized carbons (Fsp3) is 0.346. The van der Waals surface area contributed by atoms with Crippen molar-refractivity contribution >= 4 is 34.3 Å². The van der Waals surface area contributed by atoms with Gasteiger partial charge in [0.25, 0.3) is 5.91 Å². The smallest absolute Gasteiger partial charge is 0.310 e. The van der Waals surface area contributed by atoms with Gasteiger partial charge in [0, 0.05) is 30.2 Å². The van der Waals surface area contributed by atoms with Gasteiger partial charge in [-0.2, -0.15) is 0 Å². The number of aromatic nitrogens is 1. The standard InChI is InChI=1S/C26H29N3O5/c1-4-34-26(31)17-8-7-13-29(16-17)25(30)20-15-24(28-21-10-6-5-9-19(20)21)27-18-11-12-22(32-2)23(14-18)33-3/h5-6,9-12,14-15,17H,4,7-8,13,16H2,1-3H3,(H,27,28). The van der Waals surface area contributed by atoms with Crippen molar-refractivity contribution in [1.82, 2.24) is 9.88 Å². The third kappa shape index (κ3) is 4.90. The molecule has 1 aromatic heterocycles. The summed E-state index contributed by atoms with van der Waals surface area (Å²) in [5.41, 5.74) is 1.99. The minimum absolute atomic E-state index is 0.122. The topological polar surface area (TPSA) is 90.0 Å². The second-order valence-corrected chi connectivity index (χ2v) is 8.11. The number of piperidine rings is 1. The summed E-state index contributed by atoms with van der Waals surface area (Å²) >= 11 is 0. The molecule has 1 aliphatic heterocycles. The number of carbonyl (C=O) groups excluding carboxylic acids is 2. The van der Waals surface area contributed by atoms with E-state index in [-0.39, 0.29) is 17.8 Å². The summed E-state index contributed by atoms with van der Waals surface area (Å²) in [6.07, 6.45) is 1.49. The number of pyridine rings is 1. The first kappa shape index (κ1) is 23.4. The molecular weight excluding hydrogens is 434 g/mol. The number of rotatable bonds is 7. The van der Waals surface area contributed by atoms with E-state index >= 15 is 0 Å². The van der Waals surface area contributed by atoms with Crippen LogP contribution >= 0.6 is 0 Å². The second kappa shape index (κ2) is 10.4. The summed E-state index contributed by atoms with van der Waals surface area (Å²) in [5, 5.41) is 4.04. The Balaban J connectivity index is 1.65. The van der Waals surface area contributed by atoms with Crippen molar-refractivity contribution in [3.05, 3.63) is 54.1 Å². The number of amides is 1. The van der Waals surface area contributed by atoms with E-state index in [1.54, 1.807) is 38.2 Å². The molecular formula is C26H29N3O5. The van der Waals surface area contributed by atoms with Crippen molar-refractivity contribution in [2.24, 2.45) is 5.92 Å². The van der Waals surface area contributed by atoms with Crippen LogP contribution in [0, 0.1) is 5.92 Å². The molecule has 3 aromatic rings. The van der Waals surface area contributed by atoms with Crippen LogP contribution in [0.25, 0.3) is 10.9 Å². The van der Waals surface area contributed by atoms with E-state index < -0.39 is 0 Å². The van der Waals surface area contributed by atoms with E-state index in [0.717, 1.165) is 23.9 Å². The molecule has 4 rings (SSSR count). The first-order valence-corrected chi connectivity index (χ1v) is 11.4. The van der Waals surface area contributed by atoms with Crippen LogP contribution in [-0.4, -0.2) is 55.7 Å². The van der Waals surface area contributed by atoms with E-state index in [4.69, 9.17) is 19.2 Å². The van der Waals surface area contributed by atoms with Gasteiger partial charge < -0.3 is 24.4 Å². The Bertz CT molecular complexity index is 1200. The number of hydrogen-bond acceptors (Lipinski definition) is 7. The maximum Gasteiger partial charge on any atom is 0.310 e. The predicted molar refractivity (Wildman–Crippen MR) is 130 cm³/mol. The number of esters is 1. The Labute approximate surface area is 198 Å². The lowest BCUT2D eigenvalue weighted by atomic mass is 9.97. The fourth-order valence-corrected chi connectivity index (χ4v) is 4.26. The first-order chi connectivity index (χ1) is 16.5. The average Bonchev–Trinajstić information content (AvgIpc) is 2.88. The van der Waals surface area contributed by atoms with Crippen molar-refractivity contribution in [1.29, 1.82) is 0 Å². The molecule has 2 aromatic carbocycles. The van der Waals surface area contributed by atoms with Crippen molar-refractivity contribution in [2.45, 2.75) is 19.8 Å². The van der Waals surface area contributed by atoms with Crippen molar-refractivity contribution in [3.8, 4) is 11.5 Å². The highest BCUT2D eigenvalue weighted by atomic mass is 16.5. The molecule has 178 valence electrons. The molecule has 0 spiro atoms. The van der Waals surface area contributed by atoms with Crippen LogP contribution in [0.1, 0.15) is 30.1 Å². The Kier molecular flexibility index (Phi) is 7.15. The molecule has 8 heteroatoms. The average molecular weight is 464 g/mol. The minimum atomic E-state index is -0.296. The normalized spacial score (nSPS) is 15.6. The molecule has 0 bridgehead atoms. The molecule has 34 heavy (non-hydrogen) atoms. The van der Waals surface area contributed by atoms with E-state index in [0.29, 0.717) is 48.1 Å². The van der Waals surface area contributed by atoms with E-state index in [1.807, 2.05) is 36.4 Å². The third-order valence-electron chi connectivity index (χ3n) is 5.93. The molecule has 1 aliphatic rings. The third-order valence-corrected chi connectivity index (χ3v) is 5.93. The molecule has 1 fully saturated rings. The fourth-order valence-electron chi connectivity index (χ4n) is 4.26. The number of fused-ring (bicyclic) bond motifs is 1. The lowest BCUT2D eigenvalue weighted by Gasteiger charge is -2.32. The molecule has 1 unspecified atom stereocenters. The molecule has 0 aliphatic carbocycles. The number of anilines is 2. The van der Waals surface area contributed by atoms with Gasteiger partial charge in [-0.3, -0.25) is 9.59 Å². The largest absolute Gasteiger partial charge is 0.493 e. The number of methoxy groups -OCH3 is 2. The van der Waals surface area contributed by atoms with Crippen molar-refractivity contribution in [2.75, 3.05) is 39.2 Å². The number of nitrogens with zero attached hydrogens (tertiary/aromatic N) is 2. The van der Waals surface area contributed by atoms with Crippen LogP contribution in [0.5, 0.6) is 11.5 Å². The van der Waals surface area contributed by atoms with Crippen molar-refractivity contribution < 1.29 is 23.8 Å². The van der Waals surface area contributed by atoms with E-state index in [1.165, 1.54) is 0 Å². The number of para-hydroxylation sites is 1. The highest BCUT2D eigenvalue weighted by molar-refractivity contribution is 6.07. The highest BCUT2D eigenvalue weighted by Crippen LogP contribution is 2.32. The Morgan fingerprint density at radius 3 is 2.65 bits per heavy atom. The molecule has 1 saturated heterocycles. The lowest BCUT2D eigenvalue weighted by Crippen LogP contribution is -2.42. The van der Waals surface area contributed by atoms with Gasteiger partial charge in [0.1, 0.15) is 5.82 Å². The molecule has 8 nitrogen and oxygen atoms in total. The van der Waals surface area contributed by atoms with Gasteiger partial charge in [0.15, 0.2) is 11.5 Å². The summed E-state index contributed by atoms with van der Waals surface area (Å²) in [5.74, 6) is 1.08. The van der Waals surface area contributed by atoms with Gasteiger partial charge in [0.2, 0.25) is 0 Å². The number of ether oxygens (including phenoxy) is 3. The van der Waals surface area contributed by atoms with Gasteiger partial charge in [-0.25, -0.2) is 4.98 Å². The summed E-state index contributed by atoms with van der Waals surface area (Å²) in [7, 11) is 3.16. The van der Waals surface area contributed by atoms with Gasteiger partial charge in [-0.05, 0) is 44.0 Å². The minimum Gasteiger partial charge on any atom is -0.493 e. The Hall–Kier alpha value is -3.81. The molecule has 1 atom stereocenters. The second-order valence-electron chi connectivity index (χ2n) is 8.11. The zero-order valence-corrected chi connectivity index (χ0v) is 19.7. The number of likely N-dealkylation sites (tertiary alicyclic amines) is 1. The maximum atomic E-state index is 13.6. The summed E-state index contributed by atoms with van der Waals surface area (Å²) in [6.45, 7) is 3.08. The number of hydrogen-bond donors (Lipinski definition) is 1. The monoisotopic (exact) mass is 463 g/mol. The van der Waals surface area contributed by atoms with Gasteiger partial charge in [-0.15, -0.1) is 0 Å². The summed E-state index contributed by atoms with van der Waals surface area (Å²) in [4.78, 5) is 32.3. The van der Waals surface area contributed by atoms with E-state index in [9.17, 15) is 9.59 Å². The molecule has 1 N–H and O–H groups in total. The predicted octanol–water partition coefficient (Wildman–Crippen LogP) is 4.41. The first-order valence-electron chi connectivity index (χ1n) is 11.4. The summed E-state index contributed by atoms with van der Waals surface area (Å²) < 4.78 is 15.9. The molecule has 0 saturated carbocycles. The molecule has 2 heterocycles.